The Balaban J connectivity index is 1.59. The largest absolute Gasteiger partial charge is 0.361 e. The van der Waals surface area contributed by atoms with Crippen LogP contribution < -0.4 is 5.32 Å². The van der Waals surface area contributed by atoms with Crippen molar-refractivity contribution in [1.29, 1.82) is 0 Å². The highest BCUT2D eigenvalue weighted by molar-refractivity contribution is 8.14. The predicted molar refractivity (Wildman–Crippen MR) is 74.6 cm³/mol. The number of piperidine rings is 3. The van der Waals surface area contributed by atoms with Crippen LogP contribution >= 0.6 is 11.8 Å². The van der Waals surface area contributed by atoms with E-state index in [1.54, 1.807) is 0 Å². The van der Waals surface area contributed by atoms with Crippen molar-refractivity contribution in [2.75, 3.05) is 25.4 Å². The third-order valence-electron chi connectivity index (χ3n) is 4.41. The Morgan fingerprint density at radius 2 is 2.12 bits per heavy atom. The SMILES string of the molecule is CC(C)[C@H]1CSC(NC2CN3CCC2CC3)=N1. The van der Waals surface area contributed by atoms with Crippen LogP contribution in [0.15, 0.2) is 4.99 Å². The minimum absolute atomic E-state index is 0.531. The van der Waals surface area contributed by atoms with Gasteiger partial charge in [0.05, 0.1) is 6.04 Å². The van der Waals surface area contributed by atoms with Crippen molar-refractivity contribution in [2.45, 2.75) is 38.8 Å². The minimum Gasteiger partial charge on any atom is -0.361 e. The molecule has 1 unspecified atom stereocenters. The zero-order valence-electron chi connectivity index (χ0n) is 10.9. The van der Waals surface area contributed by atoms with Crippen LogP contribution in [0.3, 0.4) is 0 Å². The Hall–Kier alpha value is -0.220. The van der Waals surface area contributed by atoms with Crippen molar-refractivity contribution in [3.8, 4) is 0 Å². The number of fused-ring (bicyclic) bond motifs is 3. The van der Waals surface area contributed by atoms with E-state index in [4.69, 9.17) is 4.99 Å². The summed E-state index contributed by atoms with van der Waals surface area (Å²) in [6, 6.07) is 1.19. The molecule has 2 bridgehead atoms. The van der Waals surface area contributed by atoms with Gasteiger partial charge in [0.25, 0.3) is 0 Å². The molecule has 0 amide bonds. The second kappa shape index (κ2) is 4.81. The summed E-state index contributed by atoms with van der Waals surface area (Å²) in [6.07, 6.45) is 2.76. The number of hydrogen-bond acceptors (Lipinski definition) is 4. The zero-order valence-corrected chi connectivity index (χ0v) is 11.7. The summed E-state index contributed by atoms with van der Waals surface area (Å²) in [5.41, 5.74) is 0. The number of aliphatic imine (C=N–C) groups is 1. The van der Waals surface area contributed by atoms with Crippen molar-refractivity contribution < 1.29 is 0 Å². The van der Waals surface area contributed by atoms with Crippen LogP contribution in [0, 0.1) is 11.8 Å². The van der Waals surface area contributed by atoms with Gasteiger partial charge in [-0.1, -0.05) is 25.6 Å². The summed E-state index contributed by atoms with van der Waals surface area (Å²) in [7, 11) is 0. The molecule has 17 heavy (non-hydrogen) atoms. The molecule has 3 saturated heterocycles. The van der Waals surface area contributed by atoms with Gasteiger partial charge in [0.15, 0.2) is 5.17 Å². The lowest BCUT2D eigenvalue weighted by molar-refractivity contribution is 0.0816. The first kappa shape index (κ1) is 11.8. The Labute approximate surface area is 108 Å². The van der Waals surface area contributed by atoms with Crippen molar-refractivity contribution in [1.82, 2.24) is 10.2 Å². The second-order valence-electron chi connectivity index (χ2n) is 5.95. The lowest BCUT2D eigenvalue weighted by atomic mass is 9.84. The van der Waals surface area contributed by atoms with Crippen LogP contribution in [0.25, 0.3) is 0 Å². The molecule has 0 radical (unpaired) electrons. The number of hydrogen-bond donors (Lipinski definition) is 1. The van der Waals surface area contributed by atoms with Crippen LogP contribution in [-0.2, 0) is 0 Å². The van der Waals surface area contributed by atoms with Crippen molar-refractivity contribution in [3.05, 3.63) is 0 Å². The Morgan fingerprint density at radius 3 is 2.65 bits per heavy atom. The van der Waals surface area contributed by atoms with E-state index in [0.29, 0.717) is 18.0 Å². The first-order valence-corrected chi connectivity index (χ1v) is 7.90. The van der Waals surface area contributed by atoms with E-state index < -0.39 is 0 Å². The van der Waals surface area contributed by atoms with Gasteiger partial charge >= 0.3 is 0 Å². The van der Waals surface area contributed by atoms with Gasteiger partial charge in [0.2, 0.25) is 0 Å². The minimum atomic E-state index is 0.531. The van der Waals surface area contributed by atoms with Crippen molar-refractivity contribution >= 4 is 16.9 Å². The molecule has 4 aliphatic rings. The normalized spacial score (nSPS) is 40.8. The van der Waals surface area contributed by atoms with Crippen LogP contribution in [-0.4, -0.2) is 47.5 Å². The summed E-state index contributed by atoms with van der Waals surface area (Å²) in [6.45, 7) is 8.41. The third-order valence-corrected chi connectivity index (χ3v) is 5.41. The number of rotatable bonds is 2. The molecule has 96 valence electrons. The summed E-state index contributed by atoms with van der Waals surface area (Å²) in [5.74, 6) is 2.73. The van der Waals surface area contributed by atoms with Gasteiger partial charge < -0.3 is 10.2 Å². The molecule has 4 rings (SSSR count). The summed E-state index contributed by atoms with van der Waals surface area (Å²) >= 11 is 1.92. The molecule has 0 spiro atoms. The van der Waals surface area contributed by atoms with E-state index in [1.807, 2.05) is 11.8 Å². The number of nitrogens with one attached hydrogen (secondary N) is 1. The highest BCUT2D eigenvalue weighted by Gasteiger charge is 2.35. The third kappa shape index (κ3) is 2.48. The van der Waals surface area contributed by atoms with Crippen molar-refractivity contribution in [2.24, 2.45) is 16.8 Å². The monoisotopic (exact) mass is 253 g/mol. The lowest BCUT2D eigenvalue weighted by Gasteiger charge is -2.45. The summed E-state index contributed by atoms with van der Waals surface area (Å²) in [4.78, 5) is 7.41. The predicted octanol–water partition coefficient (Wildman–Crippen LogP) is 1.80. The maximum atomic E-state index is 4.82. The van der Waals surface area contributed by atoms with Crippen LogP contribution in [0.4, 0.5) is 0 Å². The fourth-order valence-corrected chi connectivity index (χ4v) is 4.33. The Morgan fingerprint density at radius 1 is 1.35 bits per heavy atom. The molecular formula is C13H23N3S. The van der Waals surface area contributed by atoms with Crippen LogP contribution in [0.1, 0.15) is 26.7 Å². The molecule has 4 heterocycles. The smallest absolute Gasteiger partial charge is 0.157 e. The topological polar surface area (TPSA) is 27.6 Å². The summed E-state index contributed by atoms with van der Waals surface area (Å²) < 4.78 is 0. The molecule has 2 atom stereocenters. The molecule has 0 aromatic heterocycles. The van der Waals surface area contributed by atoms with E-state index in [2.05, 4.69) is 24.1 Å². The lowest BCUT2D eigenvalue weighted by Crippen LogP contribution is -2.56. The number of amidine groups is 1. The quantitative estimate of drug-likeness (QED) is 0.813. The molecule has 1 N–H and O–H groups in total. The Kier molecular flexibility index (Phi) is 3.35. The van der Waals surface area contributed by atoms with Gasteiger partial charge in [-0.05, 0) is 37.8 Å². The Bertz CT molecular complexity index is 308. The zero-order chi connectivity index (χ0) is 11.8. The van der Waals surface area contributed by atoms with Gasteiger partial charge in [-0.25, -0.2) is 0 Å². The fraction of sp³-hybridized carbons (Fsp3) is 0.923. The average Bonchev–Trinajstić information content (AvgIpc) is 2.79. The molecule has 0 aliphatic carbocycles. The second-order valence-corrected chi connectivity index (χ2v) is 6.95. The molecule has 0 aromatic carbocycles. The molecule has 3 nitrogen and oxygen atoms in total. The first-order valence-electron chi connectivity index (χ1n) is 6.92. The van der Waals surface area contributed by atoms with Gasteiger partial charge in [0.1, 0.15) is 0 Å². The van der Waals surface area contributed by atoms with Gasteiger partial charge in [-0.15, -0.1) is 0 Å². The van der Waals surface area contributed by atoms with E-state index >= 15 is 0 Å². The van der Waals surface area contributed by atoms with E-state index in [0.717, 1.165) is 5.92 Å². The van der Waals surface area contributed by atoms with E-state index in [9.17, 15) is 0 Å². The molecule has 0 aromatic rings. The maximum absolute atomic E-state index is 4.82. The molecule has 4 heteroatoms. The molecular weight excluding hydrogens is 230 g/mol. The average molecular weight is 253 g/mol. The van der Waals surface area contributed by atoms with E-state index in [1.165, 1.54) is 43.4 Å². The van der Waals surface area contributed by atoms with Crippen LogP contribution in [0.2, 0.25) is 0 Å². The van der Waals surface area contributed by atoms with Gasteiger partial charge in [0, 0.05) is 18.3 Å². The molecule has 3 fully saturated rings. The fourth-order valence-electron chi connectivity index (χ4n) is 3.10. The maximum Gasteiger partial charge on any atom is 0.157 e. The number of nitrogens with zero attached hydrogens (tertiary/aromatic N) is 2. The molecule has 0 saturated carbocycles. The van der Waals surface area contributed by atoms with Crippen molar-refractivity contribution in [3.63, 3.8) is 0 Å². The molecule has 4 aliphatic heterocycles. The highest BCUT2D eigenvalue weighted by atomic mass is 32.2. The number of thioether (sulfide) groups is 1. The van der Waals surface area contributed by atoms with Gasteiger partial charge in [-0.2, -0.15) is 0 Å². The summed E-state index contributed by atoms with van der Waals surface area (Å²) in [5, 5.41) is 4.92. The first-order chi connectivity index (χ1) is 8.22. The van der Waals surface area contributed by atoms with E-state index in [-0.39, 0.29) is 0 Å². The highest BCUT2D eigenvalue weighted by Crippen LogP contribution is 2.29. The van der Waals surface area contributed by atoms with Gasteiger partial charge in [-0.3, -0.25) is 4.99 Å². The standard InChI is InChI=1S/C13H23N3S/c1-9(2)12-8-17-13(15-12)14-11-7-16-5-3-10(11)4-6-16/h9-12H,3-8H2,1-2H3,(H,14,15)/t11?,12-/m1/s1. The van der Waals surface area contributed by atoms with Crippen LogP contribution in [0.5, 0.6) is 0 Å².